The van der Waals surface area contributed by atoms with Crippen LogP contribution < -0.4 is 0 Å². The molecule has 218 valence electrons. The van der Waals surface area contributed by atoms with E-state index in [0.717, 1.165) is 61.1 Å². The second-order valence-electron chi connectivity index (χ2n) is 12.1. The number of benzene rings is 7. The summed E-state index contributed by atoms with van der Waals surface area (Å²) in [6.45, 7) is 0. The Labute approximate surface area is 270 Å². The molecule has 0 saturated heterocycles. The summed E-state index contributed by atoms with van der Waals surface area (Å²) in [4.78, 5) is 14.7. The third kappa shape index (κ3) is 4.12. The van der Waals surface area contributed by atoms with Crippen molar-refractivity contribution >= 4 is 54.3 Å². The van der Waals surface area contributed by atoms with Crippen molar-refractivity contribution in [2.45, 2.75) is 0 Å². The van der Waals surface area contributed by atoms with Gasteiger partial charge in [0.05, 0.1) is 11.4 Å². The molecule has 47 heavy (non-hydrogen) atoms. The molecule has 0 bridgehead atoms. The number of rotatable bonds is 4. The topological polar surface area (TPSA) is 51.8 Å². The van der Waals surface area contributed by atoms with Crippen molar-refractivity contribution in [3.05, 3.63) is 152 Å². The van der Waals surface area contributed by atoms with Gasteiger partial charge in [0.15, 0.2) is 5.82 Å². The fraction of sp³-hybridized carbons (Fsp3) is 0. The van der Waals surface area contributed by atoms with Gasteiger partial charge < -0.3 is 4.42 Å². The van der Waals surface area contributed by atoms with E-state index < -0.39 is 0 Å². The lowest BCUT2D eigenvalue weighted by Crippen LogP contribution is -1.97. The second kappa shape index (κ2) is 10.1. The Morgan fingerprint density at radius 1 is 0.426 bits per heavy atom. The number of aromatic nitrogens is 3. The van der Waals surface area contributed by atoms with Gasteiger partial charge >= 0.3 is 0 Å². The zero-order valence-corrected chi connectivity index (χ0v) is 25.2. The summed E-state index contributed by atoms with van der Waals surface area (Å²) >= 11 is 0. The van der Waals surface area contributed by atoms with Gasteiger partial charge in [0.1, 0.15) is 11.2 Å². The van der Waals surface area contributed by atoms with Crippen molar-refractivity contribution in [1.29, 1.82) is 0 Å². The summed E-state index contributed by atoms with van der Waals surface area (Å²) in [6, 6.07) is 48.9. The Morgan fingerprint density at radius 3 is 2.00 bits per heavy atom. The van der Waals surface area contributed by atoms with Gasteiger partial charge in [-0.05, 0) is 79.8 Å². The van der Waals surface area contributed by atoms with Gasteiger partial charge in [-0.1, -0.05) is 103 Å². The van der Waals surface area contributed by atoms with Gasteiger partial charge in [0.25, 0.3) is 0 Å². The molecule has 7 aromatic carbocycles. The van der Waals surface area contributed by atoms with Crippen LogP contribution in [0.25, 0.3) is 99.3 Å². The van der Waals surface area contributed by atoms with Crippen LogP contribution in [0, 0.1) is 0 Å². The molecule has 10 rings (SSSR count). The van der Waals surface area contributed by atoms with Crippen LogP contribution in [0.4, 0.5) is 0 Å². The van der Waals surface area contributed by atoms with Crippen LogP contribution in [0.5, 0.6) is 0 Å². The highest BCUT2D eigenvalue weighted by atomic mass is 16.3. The molecule has 0 unspecified atom stereocenters. The first-order valence-corrected chi connectivity index (χ1v) is 15.8. The first-order valence-electron chi connectivity index (χ1n) is 15.8. The Hall–Kier alpha value is -6.39. The Morgan fingerprint density at radius 2 is 1.15 bits per heavy atom. The minimum absolute atomic E-state index is 0.679. The molecular weight excluding hydrogens is 574 g/mol. The van der Waals surface area contributed by atoms with Gasteiger partial charge in [-0.2, -0.15) is 0 Å². The Balaban J connectivity index is 1.20. The molecule has 4 heteroatoms. The molecule has 10 aromatic rings. The number of nitrogens with zero attached hydrogens (tertiary/aromatic N) is 3. The molecule has 3 aromatic heterocycles. The maximum atomic E-state index is 6.14. The Bertz CT molecular complexity index is 2770. The van der Waals surface area contributed by atoms with Crippen LogP contribution in [0.2, 0.25) is 0 Å². The van der Waals surface area contributed by atoms with E-state index in [1.165, 1.54) is 32.3 Å². The molecule has 0 atom stereocenters. The SMILES string of the molecule is c1cncc(-c2ccc(-c3nc(-c4ccc5oc6ccccc6c5c4)cc(-c4ccc5ccc6cccc7ccc4c5c67)n3)cc2)c1. The highest BCUT2D eigenvalue weighted by Gasteiger charge is 2.17. The molecule has 0 N–H and O–H groups in total. The fourth-order valence-electron chi connectivity index (χ4n) is 7.05. The smallest absolute Gasteiger partial charge is 0.160 e. The predicted molar refractivity (Wildman–Crippen MR) is 193 cm³/mol. The van der Waals surface area contributed by atoms with Crippen molar-refractivity contribution < 1.29 is 4.42 Å². The zero-order chi connectivity index (χ0) is 30.9. The molecule has 0 aliphatic rings. The highest BCUT2D eigenvalue weighted by Crippen LogP contribution is 2.40. The van der Waals surface area contributed by atoms with Gasteiger partial charge in [0.2, 0.25) is 0 Å². The van der Waals surface area contributed by atoms with Crippen molar-refractivity contribution in [2.24, 2.45) is 0 Å². The summed E-state index contributed by atoms with van der Waals surface area (Å²) in [5.74, 6) is 0.679. The minimum Gasteiger partial charge on any atom is -0.456 e. The van der Waals surface area contributed by atoms with Crippen LogP contribution in [0.3, 0.4) is 0 Å². The molecule has 0 fully saturated rings. The van der Waals surface area contributed by atoms with Crippen molar-refractivity contribution in [2.75, 3.05) is 0 Å². The van der Waals surface area contributed by atoms with Crippen molar-refractivity contribution in [3.8, 4) is 45.0 Å². The van der Waals surface area contributed by atoms with E-state index in [0.29, 0.717) is 5.82 Å². The average Bonchev–Trinajstić information content (AvgIpc) is 3.52. The molecule has 4 nitrogen and oxygen atoms in total. The van der Waals surface area contributed by atoms with Gasteiger partial charge in [-0.15, -0.1) is 0 Å². The van der Waals surface area contributed by atoms with Crippen molar-refractivity contribution in [1.82, 2.24) is 15.0 Å². The van der Waals surface area contributed by atoms with Gasteiger partial charge in [-0.3, -0.25) is 4.98 Å². The molecule has 0 amide bonds. The third-order valence-corrected chi connectivity index (χ3v) is 9.34. The van der Waals surface area contributed by atoms with Crippen LogP contribution in [0.1, 0.15) is 0 Å². The number of hydrogen-bond acceptors (Lipinski definition) is 4. The largest absolute Gasteiger partial charge is 0.456 e. The summed E-state index contributed by atoms with van der Waals surface area (Å²) in [5, 5.41) is 9.64. The fourth-order valence-corrected chi connectivity index (χ4v) is 7.05. The molecule has 0 aliphatic carbocycles. The zero-order valence-electron chi connectivity index (χ0n) is 25.2. The maximum Gasteiger partial charge on any atom is 0.160 e. The van der Waals surface area contributed by atoms with E-state index in [-0.39, 0.29) is 0 Å². The van der Waals surface area contributed by atoms with Crippen molar-refractivity contribution in [3.63, 3.8) is 0 Å². The van der Waals surface area contributed by atoms with E-state index in [2.05, 4.69) is 114 Å². The monoisotopic (exact) mass is 599 g/mol. The van der Waals surface area contributed by atoms with E-state index in [1.54, 1.807) is 6.20 Å². The number of hydrogen-bond donors (Lipinski definition) is 0. The molecule has 0 aliphatic heterocycles. The van der Waals surface area contributed by atoms with Gasteiger partial charge in [0, 0.05) is 39.9 Å². The number of furan rings is 1. The summed E-state index contributed by atoms with van der Waals surface area (Å²) in [5.41, 5.74) is 8.71. The third-order valence-electron chi connectivity index (χ3n) is 9.34. The standard InChI is InChI=1S/C43H25N3O/c1-2-9-39-34(8-1)36-23-31(18-21-40(36)47-39)37-24-38(46-43(45-37)30-14-10-26(11-15-30)32-7-4-22-44-25-32)33-19-16-29-13-12-27-5-3-6-28-17-20-35(33)42(29)41(27)28/h1-25H. The van der Waals surface area contributed by atoms with E-state index >= 15 is 0 Å². The molecule has 0 spiro atoms. The number of para-hydroxylation sites is 1. The first-order chi connectivity index (χ1) is 23.3. The van der Waals surface area contributed by atoms with Crippen LogP contribution in [-0.4, -0.2) is 15.0 Å². The highest BCUT2D eigenvalue weighted by molar-refractivity contribution is 6.25. The van der Waals surface area contributed by atoms with E-state index in [1.807, 2.05) is 36.5 Å². The molecule has 0 saturated carbocycles. The van der Waals surface area contributed by atoms with Gasteiger partial charge in [-0.25, -0.2) is 9.97 Å². The summed E-state index contributed by atoms with van der Waals surface area (Å²) in [7, 11) is 0. The van der Waals surface area contributed by atoms with E-state index in [9.17, 15) is 0 Å². The second-order valence-corrected chi connectivity index (χ2v) is 12.1. The number of fused-ring (bicyclic) bond motifs is 3. The quantitative estimate of drug-likeness (QED) is 0.189. The molecular formula is C43H25N3O. The van der Waals surface area contributed by atoms with E-state index in [4.69, 9.17) is 14.4 Å². The maximum absolute atomic E-state index is 6.14. The first kappa shape index (κ1) is 25.9. The predicted octanol–water partition coefficient (Wildman–Crippen LogP) is 11.3. The molecule has 0 radical (unpaired) electrons. The lowest BCUT2D eigenvalue weighted by atomic mass is 9.91. The van der Waals surface area contributed by atoms with Crippen LogP contribution in [0.15, 0.2) is 156 Å². The molecule has 3 heterocycles. The number of pyridine rings is 1. The normalized spacial score (nSPS) is 11.8. The Kier molecular flexibility index (Phi) is 5.54. The lowest BCUT2D eigenvalue weighted by Gasteiger charge is -2.15. The minimum atomic E-state index is 0.679. The summed E-state index contributed by atoms with van der Waals surface area (Å²) < 4.78 is 6.14. The average molecular weight is 600 g/mol. The summed E-state index contributed by atoms with van der Waals surface area (Å²) in [6.07, 6.45) is 3.68. The lowest BCUT2D eigenvalue weighted by molar-refractivity contribution is 0.669. The van der Waals surface area contributed by atoms with Crippen LogP contribution >= 0.6 is 0 Å². The van der Waals surface area contributed by atoms with Crippen LogP contribution in [-0.2, 0) is 0 Å².